The van der Waals surface area contributed by atoms with Gasteiger partial charge in [-0.15, -0.1) is 0 Å². The Morgan fingerprint density at radius 3 is 2.89 bits per heavy atom. The van der Waals surface area contributed by atoms with Crippen LogP contribution in [-0.2, 0) is 0 Å². The van der Waals surface area contributed by atoms with Crippen LogP contribution in [0.4, 0.5) is 0 Å². The number of hydrogen-bond acceptors (Lipinski definition) is 5. The Hall–Kier alpha value is -2.70. The largest absolute Gasteiger partial charge is 0.478 e. The highest BCUT2D eigenvalue weighted by atomic mass is 16.4. The molecule has 0 unspecified atom stereocenters. The first-order chi connectivity index (χ1) is 9.08. The van der Waals surface area contributed by atoms with E-state index in [-0.39, 0.29) is 5.56 Å². The lowest BCUT2D eigenvalue weighted by molar-refractivity contribution is 0.0699. The molecule has 2 aromatic heterocycles. The molecule has 0 radical (unpaired) electrons. The van der Waals surface area contributed by atoms with Crippen LogP contribution in [0.5, 0.6) is 0 Å². The molecule has 0 saturated carbocycles. The SMILES string of the molecule is CN=C/C(=C\N)c1cn2ncc(C(=O)O)c2c(C)n1. The number of aromatic nitrogens is 3. The Kier molecular flexibility index (Phi) is 3.28. The standard InChI is InChI=1S/C12H13N5O2/c1-7-11-9(12(18)19)5-15-17(11)6-10(16-7)8(3-13)4-14-2/h3-6H,13H2,1-2H3,(H,18,19)/b8-3+,14-4?. The molecule has 0 spiro atoms. The Labute approximate surface area is 109 Å². The van der Waals surface area contributed by atoms with Crippen LogP contribution in [0.15, 0.2) is 23.6 Å². The van der Waals surface area contributed by atoms with E-state index in [0.29, 0.717) is 22.5 Å². The van der Waals surface area contributed by atoms with Crippen LogP contribution >= 0.6 is 0 Å². The molecule has 0 aliphatic rings. The predicted molar refractivity (Wildman–Crippen MR) is 71.3 cm³/mol. The molecule has 19 heavy (non-hydrogen) atoms. The molecule has 0 fully saturated rings. The second-order valence-electron chi connectivity index (χ2n) is 3.88. The Balaban J connectivity index is 2.67. The van der Waals surface area contributed by atoms with E-state index in [1.54, 1.807) is 26.4 Å². The van der Waals surface area contributed by atoms with Crippen molar-refractivity contribution in [1.29, 1.82) is 0 Å². The third-order valence-corrected chi connectivity index (χ3v) is 2.64. The van der Waals surface area contributed by atoms with Crippen molar-refractivity contribution in [3.8, 4) is 0 Å². The maximum absolute atomic E-state index is 11.1. The van der Waals surface area contributed by atoms with Gasteiger partial charge in [0.15, 0.2) is 0 Å². The van der Waals surface area contributed by atoms with Crippen molar-refractivity contribution in [2.75, 3.05) is 7.05 Å². The first kappa shape index (κ1) is 12.7. The van der Waals surface area contributed by atoms with Crippen LogP contribution in [0.2, 0.25) is 0 Å². The summed E-state index contributed by atoms with van der Waals surface area (Å²) in [7, 11) is 1.63. The van der Waals surface area contributed by atoms with E-state index in [4.69, 9.17) is 10.8 Å². The summed E-state index contributed by atoms with van der Waals surface area (Å²) in [5, 5.41) is 13.1. The van der Waals surface area contributed by atoms with Gasteiger partial charge >= 0.3 is 5.97 Å². The molecule has 3 N–H and O–H groups in total. The third-order valence-electron chi connectivity index (χ3n) is 2.64. The molecule has 0 aromatic carbocycles. The topological polar surface area (TPSA) is 106 Å². The van der Waals surface area contributed by atoms with Crippen LogP contribution in [0.1, 0.15) is 21.7 Å². The highest BCUT2D eigenvalue weighted by molar-refractivity contribution is 6.08. The highest BCUT2D eigenvalue weighted by Gasteiger charge is 2.15. The number of nitrogens with zero attached hydrogens (tertiary/aromatic N) is 4. The van der Waals surface area contributed by atoms with Gasteiger partial charge in [0.2, 0.25) is 0 Å². The van der Waals surface area contributed by atoms with E-state index in [1.807, 2.05) is 0 Å². The van der Waals surface area contributed by atoms with Crippen molar-refractivity contribution in [2.24, 2.45) is 10.7 Å². The highest BCUT2D eigenvalue weighted by Crippen LogP contribution is 2.17. The van der Waals surface area contributed by atoms with Crippen molar-refractivity contribution < 1.29 is 9.90 Å². The van der Waals surface area contributed by atoms with Crippen LogP contribution in [0.3, 0.4) is 0 Å². The number of carboxylic acid groups (broad SMARTS) is 1. The maximum atomic E-state index is 11.1. The zero-order valence-corrected chi connectivity index (χ0v) is 10.5. The van der Waals surface area contributed by atoms with Crippen molar-refractivity contribution in [3.63, 3.8) is 0 Å². The van der Waals surface area contributed by atoms with Crippen molar-refractivity contribution in [3.05, 3.63) is 35.5 Å². The van der Waals surface area contributed by atoms with Gasteiger partial charge in [-0.05, 0) is 6.92 Å². The minimum absolute atomic E-state index is 0.124. The molecular weight excluding hydrogens is 246 g/mol. The number of nitrogens with two attached hydrogens (primary N) is 1. The number of aryl methyl sites for hydroxylation is 1. The molecule has 0 bridgehead atoms. The summed E-state index contributed by atoms with van der Waals surface area (Å²) < 4.78 is 1.48. The van der Waals surface area contributed by atoms with Crippen LogP contribution in [-0.4, -0.2) is 38.9 Å². The van der Waals surface area contributed by atoms with Gasteiger partial charge in [0.05, 0.1) is 23.8 Å². The second kappa shape index (κ2) is 4.89. The first-order valence-electron chi connectivity index (χ1n) is 5.51. The van der Waals surface area contributed by atoms with Crippen LogP contribution < -0.4 is 5.73 Å². The van der Waals surface area contributed by atoms with Crippen LogP contribution in [0.25, 0.3) is 11.1 Å². The number of aliphatic imine (C=N–C) groups is 1. The Morgan fingerprint density at radius 1 is 1.58 bits per heavy atom. The lowest BCUT2D eigenvalue weighted by Crippen LogP contribution is -2.03. The Bertz CT molecular complexity index is 699. The minimum atomic E-state index is -1.03. The lowest BCUT2D eigenvalue weighted by Gasteiger charge is -2.05. The van der Waals surface area contributed by atoms with E-state index in [9.17, 15) is 4.79 Å². The average Bonchev–Trinajstić information content (AvgIpc) is 2.80. The smallest absolute Gasteiger partial charge is 0.339 e. The number of carboxylic acids is 1. The monoisotopic (exact) mass is 259 g/mol. The molecule has 7 nitrogen and oxygen atoms in total. The fraction of sp³-hybridized carbons (Fsp3) is 0.167. The van der Waals surface area contributed by atoms with Crippen LogP contribution in [0, 0.1) is 6.92 Å². The minimum Gasteiger partial charge on any atom is -0.478 e. The van der Waals surface area contributed by atoms with Crippen molar-refractivity contribution in [1.82, 2.24) is 14.6 Å². The molecule has 0 saturated heterocycles. The number of allylic oxidation sites excluding steroid dienone is 1. The summed E-state index contributed by atoms with van der Waals surface area (Å²) in [4.78, 5) is 19.3. The fourth-order valence-corrected chi connectivity index (χ4v) is 1.83. The van der Waals surface area contributed by atoms with Gasteiger partial charge in [-0.25, -0.2) is 14.3 Å². The van der Waals surface area contributed by atoms with Gasteiger partial charge in [0.25, 0.3) is 0 Å². The van der Waals surface area contributed by atoms with Gasteiger partial charge < -0.3 is 10.8 Å². The molecule has 2 rings (SSSR count). The first-order valence-corrected chi connectivity index (χ1v) is 5.51. The molecular formula is C12H13N5O2. The summed E-state index contributed by atoms with van der Waals surface area (Å²) in [6, 6.07) is 0. The molecule has 0 aliphatic carbocycles. The van der Waals surface area contributed by atoms with Crippen molar-refractivity contribution >= 4 is 23.3 Å². The summed E-state index contributed by atoms with van der Waals surface area (Å²) in [6.07, 6.45) is 5.89. The van der Waals surface area contributed by atoms with Gasteiger partial charge in [-0.2, -0.15) is 5.10 Å². The maximum Gasteiger partial charge on any atom is 0.339 e. The number of rotatable bonds is 3. The number of aromatic carboxylic acids is 1. The number of fused-ring (bicyclic) bond motifs is 1. The normalized spacial score (nSPS) is 12.4. The predicted octanol–water partition coefficient (Wildman–Crippen LogP) is 0.736. The fourth-order valence-electron chi connectivity index (χ4n) is 1.83. The number of carbonyl (C=O) groups is 1. The molecule has 0 aliphatic heterocycles. The van der Waals surface area contributed by atoms with Crippen molar-refractivity contribution in [2.45, 2.75) is 6.92 Å². The van der Waals surface area contributed by atoms with E-state index in [2.05, 4.69) is 15.1 Å². The Morgan fingerprint density at radius 2 is 2.32 bits per heavy atom. The number of hydrogen-bond donors (Lipinski definition) is 2. The molecule has 2 aromatic rings. The zero-order valence-electron chi connectivity index (χ0n) is 10.5. The van der Waals surface area contributed by atoms with Gasteiger partial charge in [-0.3, -0.25) is 4.99 Å². The molecule has 7 heteroatoms. The average molecular weight is 259 g/mol. The molecule has 2 heterocycles. The molecule has 98 valence electrons. The van der Waals surface area contributed by atoms with E-state index < -0.39 is 5.97 Å². The van der Waals surface area contributed by atoms with E-state index >= 15 is 0 Å². The van der Waals surface area contributed by atoms with E-state index in [1.165, 1.54) is 16.9 Å². The second-order valence-corrected chi connectivity index (χ2v) is 3.88. The summed E-state index contributed by atoms with van der Waals surface area (Å²) in [6.45, 7) is 1.73. The summed E-state index contributed by atoms with van der Waals surface area (Å²) >= 11 is 0. The lowest BCUT2D eigenvalue weighted by atomic mass is 10.2. The van der Waals surface area contributed by atoms with Gasteiger partial charge in [0.1, 0.15) is 11.1 Å². The zero-order chi connectivity index (χ0) is 14.0. The molecule has 0 atom stereocenters. The van der Waals surface area contributed by atoms with Gasteiger partial charge in [0, 0.05) is 25.0 Å². The molecule has 0 amide bonds. The van der Waals surface area contributed by atoms with Gasteiger partial charge in [-0.1, -0.05) is 0 Å². The van der Waals surface area contributed by atoms with E-state index in [0.717, 1.165) is 0 Å². The summed E-state index contributed by atoms with van der Waals surface area (Å²) in [5.41, 5.74) is 7.90. The summed E-state index contributed by atoms with van der Waals surface area (Å²) in [5.74, 6) is -1.03. The third kappa shape index (κ3) is 2.17. The quantitative estimate of drug-likeness (QED) is 0.790.